The van der Waals surface area contributed by atoms with Gasteiger partial charge in [-0.1, -0.05) is 6.92 Å². The van der Waals surface area contributed by atoms with E-state index in [1.807, 2.05) is 26.5 Å². The zero-order valence-electron chi connectivity index (χ0n) is 12.4. The number of nitrogens with two attached hydrogens (primary N) is 1. The fourth-order valence-electron chi connectivity index (χ4n) is 2.34. The average molecular weight is 302 g/mol. The van der Waals surface area contributed by atoms with Crippen LogP contribution in [-0.2, 0) is 20.0 Å². The molecule has 0 radical (unpaired) electrons. The minimum Gasteiger partial charge on any atom is -0.368 e. The molecule has 0 aliphatic rings. The van der Waals surface area contributed by atoms with E-state index < -0.39 is 0 Å². The molecule has 0 amide bonds. The summed E-state index contributed by atoms with van der Waals surface area (Å²) in [4.78, 5) is 13.1. The molecule has 3 heterocycles. The maximum Gasteiger partial charge on any atom is 0.223 e. The molecule has 21 heavy (non-hydrogen) atoms. The third-order valence-electron chi connectivity index (χ3n) is 3.33. The first-order valence-electron chi connectivity index (χ1n) is 6.81. The van der Waals surface area contributed by atoms with Crippen LogP contribution in [0.25, 0.3) is 10.2 Å². The second-order valence-corrected chi connectivity index (χ2v) is 6.18. The number of nitrogen functional groups attached to an aromatic ring is 1. The largest absolute Gasteiger partial charge is 0.368 e. The van der Waals surface area contributed by atoms with Crippen molar-refractivity contribution >= 4 is 33.3 Å². The van der Waals surface area contributed by atoms with Gasteiger partial charge in [-0.3, -0.25) is 4.68 Å². The molecule has 6 nitrogen and oxygen atoms in total. The summed E-state index contributed by atoms with van der Waals surface area (Å²) in [5.41, 5.74) is 6.99. The highest BCUT2D eigenvalue weighted by atomic mass is 32.1. The normalized spacial score (nSPS) is 11.2. The predicted molar refractivity (Wildman–Crippen MR) is 86.5 cm³/mol. The van der Waals surface area contributed by atoms with Crippen molar-refractivity contribution in [1.29, 1.82) is 0 Å². The molecule has 0 saturated carbocycles. The Labute approximate surface area is 127 Å². The fraction of sp³-hybridized carbons (Fsp3) is 0.357. The van der Waals surface area contributed by atoms with E-state index in [1.165, 1.54) is 4.88 Å². The molecule has 0 spiro atoms. The number of anilines is 2. The maximum absolute atomic E-state index is 5.85. The first kappa shape index (κ1) is 13.8. The molecular weight excluding hydrogens is 284 g/mol. The van der Waals surface area contributed by atoms with Gasteiger partial charge in [-0.2, -0.15) is 10.1 Å². The van der Waals surface area contributed by atoms with Gasteiger partial charge in [-0.05, 0) is 12.5 Å². The van der Waals surface area contributed by atoms with Crippen LogP contribution in [0.1, 0.15) is 17.4 Å². The van der Waals surface area contributed by atoms with Gasteiger partial charge >= 0.3 is 0 Å². The zero-order valence-corrected chi connectivity index (χ0v) is 13.2. The summed E-state index contributed by atoms with van der Waals surface area (Å²) in [5, 5.41) is 5.26. The Morgan fingerprint density at radius 3 is 2.86 bits per heavy atom. The van der Waals surface area contributed by atoms with Crippen molar-refractivity contribution in [2.45, 2.75) is 19.9 Å². The highest BCUT2D eigenvalue weighted by Gasteiger charge is 2.14. The highest BCUT2D eigenvalue weighted by Crippen LogP contribution is 2.31. The van der Waals surface area contributed by atoms with E-state index >= 15 is 0 Å². The van der Waals surface area contributed by atoms with Crippen LogP contribution in [-0.4, -0.2) is 26.8 Å². The van der Waals surface area contributed by atoms with Crippen molar-refractivity contribution in [2.24, 2.45) is 7.05 Å². The second kappa shape index (κ2) is 5.33. The van der Waals surface area contributed by atoms with E-state index in [4.69, 9.17) is 5.73 Å². The molecule has 0 aliphatic carbocycles. The van der Waals surface area contributed by atoms with Crippen molar-refractivity contribution in [3.05, 3.63) is 28.9 Å². The topological polar surface area (TPSA) is 72.9 Å². The lowest BCUT2D eigenvalue weighted by Gasteiger charge is -2.18. The van der Waals surface area contributed by atoms with Crippen molar-refractivity contribution in [3.8, 4) is 0 Å². The number of aromatic nitrogens is 4. The summed E-state index contributed by atoms with van der Waals surface area (Å²) in [5.74, 6) is 1.19. The number of aryl methyl sites for hydroxylation is 2. The first-order chi connectivity index (χ1) is 10.1. The van der Waals surface area contributed by atoms with E-state index in [2.05, 4.69) is 33.0 Å². The molecule has 0 bridgehead atoms. The summed E-state index contributed by atoms with van der Waals surface area (Å²) < 4.78 is 1.80. The van der Waals surface area contributed by atoms with Crippen molar-refractivity contribution < 1.29 is 0 Å². The van der Waals surface area contributed by atoms with Gasteiger partial charge in [0.15, 0.2) is 0 Å². The molecule has 0 aromatic carbocycles. The lowest BCUT2D eigenvalue weighted by atomic mass is 10.2. The van der Waals surface area contributed by atoms with Crippen LogP contribution < -0.4 is 10.6 Å². The SMILES string of the molecule is CCc1cc2c(N(C)Cc3cnn(C)c3)nc(N)nc2s1. The van der Waals surface area contributed by atoms with Gasteiger partial charge < -0.3 is 10.6 Å². The predicted octanol–water partition coefficient (Wildman–Crippen LogP) is 2.21. The third kappa shape index (κ3) is 2.69. The molecule has 0 fully saturated rings. The van der Waals surface area contributed by atoms with Crippen LogP contribution in [0, 0.1) is 0 Å². The van der Waals surface area contributed by atoms with E-state index in [-0.39, 0.29) is 0 Å². The van der Waals surface area contributed by atoms with Crippen LogP contribution >= 0.6 is 11.3 Å². The van der Waals surface area contributed by atoms with E-state index in [9.17, 15) is 0 Å². The fourth-order valence-corrected chi connectivity index (χ4v) is 3.31. The number of thiophene rings is 1. The molecule has 0 aliphatic heterocycles. The Hall–Kier alpha value is -2.15. The average Bonchev–Trinajstić information content (AvgIpc) is 3.03. The van der Waals surface area contributed by atoms with Crippen molar-refractivity contribution in [2.75, 3.05) is 17.7 Å². The van der Waals surface area contributed by atoms with Gasteiger partial charge in [0.25, 0.3) is 0 Å². The van der Waals surface area contributed by atoms with Crippen LogP contribution in [0.5, 0.6) is 0 Å². The van der Waals surface area contributed by atoms with Crippen molar-refractivity contribution in [3.63, 3.8) is 0 Å². The van der Waals surface area contributed by atoms with Crippen LogP contribution in [0.2, 0.25) is 0 Å². The summed E-state index contributed by atoms with van der Waals surface area (Å²) in [7, 11) is 3.92. The molecule has 3 aromatic rings. The Morgan fingerprint density at radius 1 is 1.38 bits per heavy atom. The van der Waals surface area contributed by atoms with Gasteiger partial charge in [0.05, 0.1) is 11.6 Å². The standard InChI is InChI=1S/C14H18N6S/c1-4-10-5-11-12(17-14(15)18-13(11)21-10)19(2)7-9-6-16-20(3)8-9/h5-6,8H,4,7H2,1-3H3,(H2,15,17,18). The Kier molecular flexibility index (Phi) is 3.50. The molecule has 7 heteroatoms. The monoisotopic (exact) mass is 302 g/mol. The molecular formula is C14H18N6S. The zero-order chi connectivity index (χ0) is 15.0. The minimum absolute atomic E-state index is 0.319. The summed E-state index contributed by atoms with van der Waals surface area (Å²) in [6.07, 6.45) is 4.86. The van der Waals surface area contributed by atoms with E-state index in [0.717, 1.165) is 34.6 Å². The third-order valence-corrected chi connectivity index (χ3v) is 4.50. The lowest BCUT2D eigenvalue weighted by molar-refractivity contribution is 0.766. The molecule has 3 rings (SSSR count). The molecule has 0 atom stereocenters. The van der Waals surface area contributed by atoms with E-state index in [0.29, 0.717) is 5.95 Å². The van der Waals surface area contributed by atoms with Gasteiger partial charge in [-0.15, -0.1) is 11.3 Å². The Bertz CT molecular complexity index is 775. The van der Waals surface area contributed by atoms with Gasteiger partial charge in [0.2, 0.25) is 5.95 Å². The molecule has 2 N–H and O–H groups in total. The van der Waals surface area contributed by atoms with Crippen LogP contribution in [0.4, 0.5) is 11.8 Å². The quantitative estimate of drug-likeness (QED) is 0.800. The smallest absolute Gasteiger partial charge is 0.223 e. The van der Waals surface area contributed by atoms with Gasteiger partial charge in [-0.25, -0.2) is 4.98 Å². The molecule has 0 unspecified atom stereocenters. The maximum atomic E-state index is 5.85. The lowest BCUT2D eigenvalue weighted by Crippen LogP contribution is -2.18. The van der Waals surface area contributed by atoms with Gasteiger partial charge in [0.1, 0.15) is 10.6 Å². The summed E-state index contributed by atoms with van der Waals surface area (Å²) in [6.45, 7) is 2.87. The van der Waals surface area contributed by atoms with E-state index in [1.54, 1.807) is 16.0 Å². The Balaban J connectivity index is 1.99. The number of nitrogens with zero attached hydrogens (tertiary/aromatic N) is 5. The number of fused-ring (bicyclic) bond motifs is 1. The molecule has 3 aromatic heterocycles. The number of hydrogen-bond donors (Lipinski definition) is 1. The number of hydrogen-bond acceptors (Lipinski definition) is 6. The first-order valence-corrected chi connectivity index (χ1v) is 7.63. The Morgan fingerprint density at radius 2 is 2.19 bits per heavy atom. The summed E-state index contributed by atoms with van der Waals surface area (Å²) >= 11 is 1.68. The number of rotatable bonds is 4. The van der Waals surface area contributed by atoms with Crippen LogP contribution in [0.15, 0.2) is 18.5 Å². The second-order valence-electron chi connectivity index (χ2n) is 5.07. The summed E-state index contributed by atoms with van der Waals surface area (Å²) in [6, 6.07) is 2.16. The van der Waals surface area contributed by atoms with Gasteiger partial charge in [0, 0.05) is 37.3 Å². The van der Waals surface area contributed by atoms with Crippen LogP contribution in [0.3, 0.4) is 0 Å². The minimum atomic E-state index is 0.319. The highest BCUT2D eigenvalue weighted by molar-refractivity contribution is 7.18. The molecule has 110 valence electrons. The molecule has 0 saturated heterocycles. The van der Waals surface area contributed by atoms with Crippen molar-refractivity contribution in [1.82, 2.24) is 19.7 Å².